The molecule has 0 aliphatic carbocycles. The molecular weight excluding hydrogens is 335 g/mol. The molecule has 2 amide bonds. The first-order chi connectivity index (χ1) is 12.5. The van der Waals surface area contributed by atoms with Crippen LogP contribution < -0.4 is 5.32 Å². The molecule has 1 aliphatic rings. The van der Waals surface area contributed by atoms with Crippen molar-refractivity contribution in [2.75, 3.05) is 13.1 Å². The highest BCUT2D eigenvalue weighted by Gasteiger charge is 2.35. The van der Waals surface area contributed by atoms with Gasteiger partial charge < -0.3 is 15.2 Å². The lowest BCUT2D eigenvalue weighted by Crippen LogP contribution is -2.52. The van der Waals surface area contributed by atoms with Crippen LogP contribution in [-0.2, 0) is 4.79 Å². The van der Waals surface area contributed by atoms with Crippen LogP contribution in [0.1, 0.15) is 27.8 Å². The Morgan fingerprint density at radius 3 is 2.92 bits per heavy atom. The van der Waals surface area contributed by atoms with Gasteiger partial charge >= 0.3 is 0 Å². The monoisotopic (exact) mass is 352 g/mol. The number of aromatic nitrogens is 2. The highest BCUT2D eigenvalue weighted by molar-refractivity contribution is 6.00. The third-order valence-corrected chi connectivity index (χ3v) is 4.48. The quantitative estimate of drug-likeness (QED) is 0.743. The van der Waals surface area contributed by atoms with Crippen LogP contribution in [-0.4, -0.2) is 39.8 Å². The number of aromatic amines is 1. The van der Waals surface area contributed by atoms with Crippen LogP contribution in [0.2, 0.25) is 0 Å². The van der Waals surface area contributed by atoms with E-state index in [1.54, 1.807) is 24.3 Å². The van der Waals surface area contributed by atoms with Crippen molar-refractivity contribution in [1.29, 1.82) is 0 Å². The highest BCUT2D eigenvalue weighted by atomic mass is 19.1. The fourth-order valence-electron chi connectivity index (χ4n) is 3.33. The van der Waals surface area contributed by atoms with Crippen LogP contribution in [0.4, 0.5) is 4.39 Å². The molecule has 1 aromatic heterocycles. The average Bonchev–Trinajstić information content (AvgIpc) is 3.00. The molecule has 1 atom stereocenters. The number of hydrogen-bond donors (Lipinski definition) is 2. The lowest BCUT2D eigenvalue weighted by Gasteiger charge is -2.35. The van der Waals surface area contributed by atoms with Crippen molar-refractivity contribution in [3.63, 3.8) is 0 Å². The van der Waals surface area contributed by atoms with Crippen molar-refractivity contribution < 1.29 is 14.0 Å². The molecule has 0 bridgehead atoms. The third-order valence-electron chi connectivity index (χ3n) is 4.48. The maximum atomic E-state index is 13.6. The molecule has 1 aliphatic heterocycles. The molecule has 0 unspecified atom stereocenters. The molecule has 2 aromatic carbocycles. The Hall–Kier alpha value is -3.22. The van der Waals surface area contributed by atoms with Crippen LogP contribution in [0.25, 0.3) is 11.0 Å². The Bertz CT molecular complexity index is 1010. The molecule has 0 radical (unpaired) electrons. The Labute approximate surface area is 149 Å². The number of H-pyrrole nitrogens is 1. The van der Waals surface area contributed by atoms with Gasteiger partial charge in [0.15, 0.2) is 0 Å². The van der Waals surface area contributed by atoms with Gasteiger partial charge in [0, 0.05) is 18.7 Å². The van der Waals surface area contributed by atoms with E-state index < -0.39 is 11.9 Å². The van der Waals surface area contributed by atoms with Crippen molar-refractivity contribution in [3.8, 4) is 0 Å². The number of amides is 2. The summed E-state index contributed by atoms with van der Waals surface area (Å²) in [6.45, 7) is 2.56. The molecule has 2 heterocycles. The number of halogens is 1. The molecule has 3 aromatic rings. The molecule has 26 heavy (non-hydrogen) atoms. The summed E-state index contributed by atoms with van der Waals surface area (Å²) in [4.78, 5) is 34.4. The Morgan fingerprint density at radius 2 is 2.12 bits per heavy atom. The third kappa shape index (κ3) is 2.81. The van der Waals surface area contributed by atoms with Gasteiger partial charge in [-0.2, -0.15) is 0 Å². The Kier molecular flexibility index (Phi) is 3.91. The molecule has 132 valence electrons. The second kappa shape index (κ2) is 6.25. The Balaban J connectivity index is 1.72. The van der Waals surface area contributed by atoms with E-state index in [4.69, 9.17) is 0 Å². The number of hydrogen-bond acceptors (Lipinski definition) is 3. The van der Waals surface area contributed by atoms with Crippen molar-refractivity contribution in [3.05, 3.63) is 65.2 Å². The van der Waals surface area contributed by atoms with Gasteiger partial charge in [-0.05, 0) is 42.8 Å². The van der Waals surface area contributed by atoms with E-state index in [2.05, 4.69) is 15.3 Å². The van der Waals surface area contributed by atoms with Crippen molar-refractivity contribution >= 4 is 22.8 Å². The lowest BCUT2D eigenvalue weighted by atomic mass is 10.0. The predicted octanol–water partition coefficient (Wildman–Crippen LogP) is 2.32. The normalized spacial score (nSPS) is 17.4. The summed E-state index contributed by atoms with van der Waals surface area (Å²) >= 11 is 0. The summed E-state index contributed by atoms with van der Waals surface area (Å²) in [7, 11) is 0. The number of rotatable bonds is 2. The zero-order chi connectivity index (χ0) is 18.3. The molecule has 7 heteroatoms. The largest absolute Gasteiger partial charge is 0.352 e. The number of carbonyl (C=O) groups excluding carboxylic acids is 2. The summed E-state index contributed by atoms with van der Waals surface area (Å²) in [5.41, 5.74) is 2.44. The second-order valence-electron chi connectivity index (χ2n) is 6.30. The van der Waals surface area contributed by atoms with Crippen LogP contribution in [0.5, 0.6) is 0 Å². The summed E-state index contributed by atoms with van der Waals surface area (Å²) < 4.78 is 13.6. The minimum absolute atomic E-state index is 0.275. The van der Waals surface area contributed by atoms with Crippen molar-refractivity contribution in [2.45, 2.75) is 13.0 Å². The van der Waals surface area contributed by atoms with Crippen molar-refractivity contribution in [2.24, 2.45) is 0 Å². The van der Waals surface area contributed by atoms with Gasteiger partial charge in [0.25, 0.3) is 5.91 Å². The van der Waals surface area contributed by atoms with Crippen LogP contribution in [0.15, 0.2) is 42.5 Å². The van der Waals surface area contributed by atoms with E-state index >= 15 is 0 Å². The number of aryl methyl sites for hydroxylation is 1. The number of piperazine rings is 1. The Morgan fingerprint density at radius 1 is 1.27 bits per heavy atom. The number of carbonyl (C=O) groups is 2. The number of nitrogens with one attached hydrogen (secondary N) is 2. The molecule has 6 nitrogen and oxygen atoms in total. The highest BCUT2D eigenvalue weighted by Crippen LogP contribution is 2.26. The van der Waals surface area contributed by atoms with Gasteiger partial charge in [-0.15, -0.1) is 0 Å². The number of imidazole rings is 1. The first-order valence-corrected chi connectivity index (χ1v) is 8.33. The maximum absolute atomic E-state index is 13.6. The molecular formula is C19H17FN4O2. The number of fused-ring (bicyclic) bond motifs is 1. The van der Waals surface area contributed by atoms with Gasteiger partial charge in [-0.25, -0.2) is 9.37 Å². The summed E-state index contributed by atoms with van der Waals surface area (Å²) in [6.07, 6.45) is 0. The molecule has 4 rings (SSSR count). The summed E-state index contributed by atoms with van der Waals surface area (Å²) in [5, 5.41) is 2.75. The number of benzene rings is 2. The summed E-state index contributed by atoms with van der Waals surface area (Å²) in [5.74, 6) is -0.265. The smallest absolute Gasteiger partial charge is 0.254 e. The molecule has 2 N–H and O–H groups in total. The topological polar surface area (TPSA) is 78.1 Å². The van der Waals surface area contributed by atoms with E-state index in [0.717, 1.165) is 16.9 Å². The van der Waals surface area contributed by atoms with Crippen LogP contribution in [0.3, 0.4) is 0 Å². The van der Waals surface area contributed by atoms with Gasteiger partial charge in [-0.1, -0.05) is 12.1 Å². The first-order valence-electron chi connectivity index (χ1n) is 8.33. The zero-order valence-corrected chi connectivity index (χ0v) is 14.1. The van der Waals surface area contributed by atoms with E-state index in [0.29, 0.717) is 24.2 Å². The maximum Gasteiger partial charge on any atom is 0.254 e. The molecule has 0 spiro atoms. The first kappa shape index (κ1) is 16.3. The average molecular weight is 352 g/mol. The molecule has 1 fully saturated rings. The van der Waals surface area contributed by atoms with Crippen LogP contribution in [0, 0.1) is 12.7 Å². The zero-order valence-electron chi connectivity index (χ0n) is 14.1. The second-order valence-corrected chi connectivity index (χ2v) is 6.30. The molecule has 1 saturated heterocycles. The minimum atomic E-state index is -0.855. The van der Waals surface area contributed by atoms with E-state index in [-0.39, 0.29) is 11.8 Å². The number of nitrogens with zero attached hydrogens (tertiary/aromatic N) is 2. The van der Waals surface area contributed by atoms with E-state index in [9.17, 15) is 14.0 Å². The predicted molar refractivity (Wildman–Crippen MR) is 94.0 cm³/mol. The van der Waals surface area contributed by atoms with Crippen molar-refractivity contribution in [1.82, 2.24) is 20.2 Å². The van der Waals surface area contributed by atoms with Gasteiger partial charge in [0.1, 0.15) is 17.7 Å². The molecule has 0 saturated carbocycles. The van der Waals surface area contributed by atoms with Crippen LogP contribution >= 0.6 is 0 Å². The van der Waals surface area contributed by atoms with Gasteiger partial charge in [-0.3, -0.25) is 9.59 Å². The van der Waals surface area contributed by atoms with E-state index in [1.807, 2.05) is 6.92 Å². The lowest BCUT2D eigenvalue weighted by molar-refractivity contribution is -0.128. The SMILES string of the molecule is Cc1nc2ccc(C(=O)N3CCNC(=O)[C@@H]3c3cccc(F)c3)cc2[nH]1. The summed E-state index contributed by atoms with van der Waals surface area (Å²) in [6, 6.07) is 10.1. The fraction of sp³-hybridized carbons (Fsp3) is 0.211. The van der Waals surface area contributed by atoms with E-state index in [1.165, 1.54) is 23.1 Å². The standard InChI is InChI=1S/C19H17FN4O2/c1-11-22-15-6-5-13(10-16(15)23-11)19(26)24-8-7-21-18(25)17(24)12-3-2-4-14(20)9-12/h2-6,9-10,17H,7-8H2,1H3,(H,21,25)(H,22,23)/t17-/m0/s1. The van der Waals surface area contributed by atoms with Gasteiger partial charge in [0.05, 0.1) is 11.0 Å². The minimum Gasteiger partial charge on any atom is -0.352 e. The fourth-order valence-corrected chi connectivity index (χ4v) is 3.33. The van der Waals surface area contributed by atoms with Gasteiger partial charge in [0.2, 0.25) is 5.91 Å².